The first kappa shape index (κ1) is 8.66. The Bertz CT molecular complexity index is 331. The number of oxime groups is 1. The van der Waals surface area contributed by atoms with Crippen molar-refractivity contribution in [2.45, 2.75) is 6.92 Å². The Kier molecular flexibility index (Phi) is 2.39. The fourth-order valence-electron chi connectivity index (χ4n) is 0.660. The van der Waals surface area contributed by atoms with E-state index in [1.54, 1.807) is 12.3 Å². The molecule has 0 unspecified atom stereocenters. The van der Waals surface area contributed by atoms with Gasteiger partial charge < -0.3 is 10.9 Å². The number of hydrogen-bond acceptors (Lipinski definition) is 5. The summed E-state index contributed by atoms with van der Waals surface area (Å²) in [7, 11) is 0. The van der Waals surface area contributed by atoms with Crippen molar-refractivity contribution in [2.24, 2.45) is 10.9 Å². The first-order valence-electron chi connectivity index (χ1n) is 3.09. The average Bonchev–Trinajstić information content (AvgIpc) is 2.37. The zero-order valence-electron chi connectivity index (χ0n) is 6.31. The van der Waals surface area contributed by atoms with E-state index in [9.17, 15) is 4.79 Å². The molecular weight excluding hydrogens is 178 g/mol. The highest BCUT2D eigenvalue weighted by Gasteiger charge is 2.14. The quantitative estimate of drug-likeness (QED) is 0.389. The third-order valence-electron chi connectivity index (χ3n) is 1.15. The van der Waals surface area contributed by atoms with E-state index in [4.69, 9.17) is 10.9 Å². The van der Waals surface area contributed by atoms with Crippen molar-refractivity contribution in [3.05, 3.63) is 16.1 Å². The zero-order chi connectivity index (χ0) is 9.14. The van der Waals surface area contributed by atoms with Crippen LogP contribution in [0.1, 0.15) is 10.7 Å². The van der Waals surface area contributed by atoms with Crippen LogP contribution in [0.3, 0.4) is 0 Å². The number of primary amides is 1. The third-order valence-corrected chi connectivity index (χ3v) is 2.12. The van der Waals surface area contributed by atoms with Gasteiger partial charge in [0, 0.05) is 11.1 Å². The molecule has 0 aliphatic rings. The number of aromatic nitrogens is 1. The Hall–Kier alpha value is -1.43. The summed E-state index contributed by atoms with van der Waals surface area (Å²) in [4.78, 5) is 14.6. The number of thiazole rings is 1. The summed E-state index contributed by atoms with van der Waals surface area (Å²) < 4.78 is 0. The predicted octanol–water partition coefficient (Wildman–Crippen LogP) is 0.115. The highest BCUT2D eigenvalue weighted by Crippen LogP contribution is 2.09. The van der Waals surface area contributed by atoms with Gasteiger partial charge in [-0.3, -0.25) is 4.79 Å². The van der Waals surface area contributed by atoms with Crippen LogP contribution in [0.4, 0.5) is 0 Å². The fourth-order valence-corrected chi connectivity index (χ4v) is 1.44. The standard InChI is InChI=1S/C6H7N3O2S/c1-3-2-12-6(8-3)4(9-11)5(7)10/h2,11H,1H3,(H2,7,10). The Morgan fingerprint density at radius 2 is 2.50 bits per heavy atom. The first-order valence-corrected chi connectivity index (χ1v) is 3.97. The van der Waals surface area contributed by atoms with Gasteiger partial charge in [-0.15, -0.1) is 11.3 Å². The molecule has 1 rings (SSSR count). The number of carbonyl (C=O) groups is 1. The summed E-state index contributed by atoms with van der Waals surface area (Å²) in [6, 6.07) is 0. The van der Waals surface area contributed by atoms with Gasteiger partial charge in [-0.25, -0.2) is 4.98 Å². The van der Waals surface area contributed by atoms with E-state index >= 15 is 0 Å². The lowest BCUT2D eigenvalue weighted by atomic mass is 10.4. The van der Waals surface area contributed by atoms with E-state index in [2.05, 4.69) is 10.1 Å². The molecule has 0 aliphatic heterocycles. The van der Waals surface area contributed by atoms with Crippen LogP contribution in [-0.4, -0.2) is 21.8 Å². The van der Waals surface area contributed by atoms with Gasteiger partial charge in [0.1, 0.15) is 0 Å². The molecule has 0 bridgehead atoms. The molecule has 0 aromatic carbocycles. The van der Waals surface area contributed by atoms with Gasteiger partial charge in [-0.05, 0) is 6.92 Å². The minimum atomic E-state index is -0.785. The minimum absolute atomic E-state index is 0.201. The van der Waals surface area contributed by atoms with Gasteiger partial charge in [0.15, 0.2) is 5.01 Å². The van der Waals surface area contributed by atoms with Gasteiger partial charge in [-0.1, -0.05) is 5.16 Å². The Morgan fingerprint density at radius 1 is 1.83 bits per heavy atom. The molecular formula is C6H7N3O2S. The van der Waals surface area contributed by atoms with Crippen LogP contribution in [0.5, 0.6) is 0 Å². The molecule has 0 fully saturated rings. The molecule has 0 radical (unpaired) electrons. The lowest BCUT2D eigenvalue weighted by molar-refractivity contribution is -0.112. The van der Waals surface area contributed by atoms with Gasteiger partial charge in [0.05, 0.1) is 0 Å². The number of hydrogen-bond donors (Lipinski definition) is 2. The lowest BCUT2D eigenvalue weighted by Crippen LogP contribution is -2.24. The van der Waals surface area contributed by atoms with E-state index in [1.165, 1.54) is 11.3 Å². The highest BCUT2D eigenvalue weighted by molar-refractivity contribution is 7.12. The number of aryl methyl sites for hydroxylation is 1. The second kappa shape index (κ2) is 3.31. The summed E-state index contributed by atoms with van der Waals surface area (Å²) in [5.74, 6) is -0.785. The van der Waals surface area contributed by atoms with Crippen LogP contribution < -0.4 is 5.73 Å². The molecule has 0 saturated carbocycles. The monoisotopic (exact) mass is 185 g/mol. The van der Waals surface area contributed by atoms with E-state index < -0.39 is 5.91 Å². The number of nitrogens with zero attached hydrogens (tertiary/aromatic N) is 2. The smallest absolute Gasteiger partial charge is 0.273 e. The molecule has 3 N–H and O–H groups in total. The van der Waals surface area contributed by atoms with E-state index in [0.717, 1.165) is 5.69 Å². The second-order valence-corrected chi connectivity index (χ2v) is 2.97. The molecule has 0 aliphatic carbocycles. The molecule has 5 nitrogen and oxygen atoms in total. The summed E-state index contributed by atoms with van der Waals surface area (Å²) in [6.07, 6.45) is 0. The topological polar surface area (TPSA) is 88.6 Å². The largest absolute Gasteiger partial charge is 0.410 e. The van der Waals surface area contributed by atoms with Gasteiger partial charge >= 0.3 is 0 Å². The number of nitrogens with two attached hydrogens (primary N) is 1. The molecule has 1 heterocycles. The van der Waals surface area contributed by atoms with Crippen LogP contribution in [-0.2, 0) is 4.79 Å². The van der Waals surface area contributed by atoms with Crippen LogP contribution in [0.15, 0.2) is 10.5 Å². The third kappa shape index (κ3) is 1.59. The van der Waals surface area contributed by atoms with Crippen molar-refractivity contribution >= 4 is 23.0 Å². The predicted molar refractivity (Wildman–Crippen MR) is 44.4 cm³/mol. The van der Waals surface area contributed by atoms with Crippen LogP contribution in [0.25, 0.3) is 0 Å². The highest BCUT2D eigenvalue weighted by atomic mass is 32.1. The van der Waals surface area contributed by atoms with Crippen molar-refractivity contribution in [2.75, 3.05) is 0 Å². The maximum Gasteiger partial charge on any atom is 0.273 e. The molecule has 0 saturated heterocycles. The number of carbonyl (C=O) groups excluding carboxylic acids is 1. The van der Waals surface area contributed by atoms with E-state index in [-0.39, 0.29) is 5.71 Å². The van der Waals surface area contributed by atoms with Gasteiger partial charge in [-0.2, -0.15) is 0 Å². The van der Waals surface area contributed by atoms with Gasteiger partial charge in [0.25, 0.3) is 5.91 Å². The second-order valence-electron chi connectivity index (χ2n) is 2.11. The van der Waals surface area contributed by atoms with Crippen molar-refractivity contribution in [1.82, 2.24) is 4.98 Å². The normalized spacial score (nSPS) is 11.6. The van der Waals surface area contributed by atoms with Crippen molar-refractivity contribution in [3.63, 3.8) is 0 Å². The molecule has 1 aromatic rings. The molecule has 6 heteroatoms. The van der Waals surface area contributed by atoms with E-state index in [0.29, 0.717) is 5.01 Å². The fraction of sp³-hybridized carbons (Fsp3) is 0.167. The van der Waals surface area contributed by atoms with Crippen molar-refractivity contribution < 1.29 is 10.0 Å². The molecule has 1 amide bonds. The molecule has 0 atom stereocenters. The lowest BCUT2D eigenvalue weighted by Gasteiger charge is -1.91. The number of rotatable bonds is 2. The maximum atomic E-state index is 10.6. The van der Waals surface area contributed by atoms with Crippen LogP contribution in [0, 0.1) is 6.92 Å². The first-order chi connectivity index (χ1) is 5.65. The van der Waals surface area contributed by atoms with Gasteiger partial charge in [0.2, 0.25) is 5.71 Å². The maximum absolute atomic E-state index is 10.6. The van der Waals surface area contributed by atoms with Crippen LogP contribution in [0.2, 0.25) is 0 Å². The molecule has 0 spiro atoms. The SMILES string of the molecule is Cc1csc(C(=NO)C(N)=O)n1. The summed E-state index contributed by atoms with van der Waals surface area (Å²) >= 11 is 1.21. The molecule has 1 aromatic heterocycles. The summed E-state index contributed by atoms with van der Waals surface area (Å²) in [5, 5.41) is 13.2. The minimum Gasteiger partial charge on any atom is -0.410 e. The molecule has 64 valence electrons. The number of amides is 1. The molecule has 12 heavy (non-hydrogen) atoms. The average molecular weight is 185 g/mol. The summed E-state index contributed by atoms with van der Waals surface area (Å²) in [5.41, 5.74) is 5.49. The Labute approximate surface area is 72.5 Å². The van der Waals surface area contributed by atoms with Crippen LogP contribution >= 0.6 is 11.3 Å². The van der Waals surface area contributed by atoms with E-state index in [1.807, 2.05) is 0 Å². The Balaban J connectivity index is 3.04. The van der Waals surface area contributed by atoms with Crippen molar-refractivity contribution in [3.8, 4) is 0 Å². The summed E-state index contributed by atoms with van der Waals surface area (Å²) in [6.45, 7) is 1.77. The zero-order valence-corrected chi connectivity index (χ0v) is 7.13. The van der Waals surface area contributed by atoms with Crippen molar-refractivity contribution in [1.29, 1.82) is 0 Å². The Morgan fingerprint density at radius 3 is 2.83 bits per heavy atom.